The number of pyridine rings is 1. The quantitative estimate of drug-likeness (QED) is 0.506. The highest BCUT2D eigenvalue weighted by Crippen LogP contribution is 2.32. The Morgan fingerprint density at radius 3 is 2.68 bits per heavy atom. The lowest BCUT2D eigenvalue weighted by molar-refractivity contribution is 0.432. The number of thioether (sulfide) groups is 1. The van der Waals surface area contributed by atoms with Crippen LogP contribution in [0.2, 0.25) is 0 Å². The Labute approximate surface area is 165 Å². The molecule has 0 spiro atoms. The maximum atomic E-state index is 13.5. The summed E-state index contributed by atoms with van der Waals surface area (Å²) in [7, 11) is 0. The Balaban J connectivity index is 1.62. The van der Waals surface area contributed by atoms with E-state index in [2.05, 4.69) is 15.0 Å². The van der Waals surface area contributed by atoms with E-state index in [0.717, 1.165) is 46.9 Å². The number of fused-ring (bicyclic) bond motifs is 1. The average molecular weight is 392 g/mol. The maximum Gasteiger partial charge on any atom is 0.259 e. The van der Waals surface area contributed by atoms with Crippen molar-refractivity contribution in [2.75, 3.05) is 29.5 Å². The molecule has 2 aromatic heterocycles. The highest BCUT2D eigenvalue weighted by molar-refractivity contribution is 7.99. The van der Waals surface area contributed by atoms with Gasteiger partial charge in [-0.3, -0.25) is 0 Å². The third-order valence-electron chi connectivity index (χ3n) is 4.78. The maximum absolute atomic E-state index is 13.5. The van der Waals surface area contributed by atoms with Crippen LogP contribution in [0.1, 0.15) is 0 Å². The molecular formula is C21H17FN4OS. The summed E-state index contributed by atoms with van der Waals surface area (Å²) in [5.74, 6) is 3.54. The van der Waals surface area contributed by atoms with E-state index in [-0.39, 0.29) is 5.82 Å². The molecule has 0 aliphatic carbocycles. The molecule has 1 aliphatic heterocycles. The molecule has 5 rings (SSSR count). The minimum absolute atomic E-state index is 0.330. The van der Waals surface area contributed by atoms with Crippen molar-refractivity contribution in [3.63, 3.8) is 0 Å². The van der Waals surface area contributed by atoms with Crippen LogP contribution in [0, 0.1) is 5.82 Å². The SMILES string of the molecule is Fc1cccc(-c2noc(-c3cc(N4CCSCC4)nc4ccccc34)n2)c1. The number of nitrogens with zero attached hydrogens (tertiary/aromatic N) is 4. The van der Waals surface area contributed by atoms with Gasteiger partial charge in [-0.25, -0.2) is 9.37 Å². The zero-order valence-electron chi connectivity index (χ0n) is 15.0. The van der Waals surface area contributed by atoms with Crippen molar-refractivity contribution < 1.29 is 8.91 Å². The van der Waals surface area contributed by atoms with Crippen molar-refractivity contribution in [3.05, 3.63) is 60.4 Å². The van der Waals surface area contributed by atoms with Crippen molar-refractivity contribution in [1.82, 2.24) is 15.1 Å². The fourth-order valence-electron chi connectivity index (χ4n) is 3.37. The number of rotatable bonds is 3. The van der Waals surface area contributed by atoms with Gasteiger partial charge in [0.1, 0.15) is 11.6 Å². The topological polar surface area (TPSA) is 55.1 Å². The molecule has 1 fully saturated rings. The molecule has 2 aromatic carbocycles. The van der Waals surface area contributed by atoms with Crippen molar-refractivity contribution in [1.29, 1.82) is 0 Å². The normalized spacial score (nSPS) is 14.5. The van der Waals surface area contributed by atoms with Gasteiger partial charge in [0.25, 0.3) is 5.89 Å². The second-order valence-electron chi connectivity index (χ2n) is 6.58. The highest BCUT2D eigenvalue weighted by atomic mass is 32.2. The Morgan fingerprint density at radius 2 is 1.82 bits per heavy atom. The Kier molecular flexibility index (Phi) is 4.44. The first kappa shape index (κ1) is 17.2. The molecule has 0 atom stereocenters. The first-order valence-electron chi connectivity index (χ1n) is 9.10. The molecule has 0 bridgehead atoms. The van der Waals surface area contributed by atoms with Crippen molar-refractivity contribution >= 4 is 28.5 Å². The smallest absolute Gasteiger partial charge is 0.259 e. The number of para-hydroxylation sites is 1. The number of halogens is 1. The summed E-state index contributed by atoms with van der Waals surface area (Å²) < 4.78 is 19.1. The zero-order valence-corrected chi connectivity index (χ0v) is 15.8. The van der Waals surface area contributed by atoms with Gasteiger partial charge in [-0.1, -0.05) is 35.5 Å². The molecule has 1 saturated heterocycles. The molecule has 0 amide bonds. The number of hydrogen-bond acceptors (Lipinski definition) is 6. The summed E-state index contributed by atoms with van der Waals surface area (Å²) in [5, 5.41) is 5.01. The fourth-order valence-corrected chi connectivity index (χ4v) is 4.27. The standard InChI is InChI=1S/C21H17FN4OS/c22-15-5-3-4-14(12-15)20-24-21(27-25-20)17-13-19(26-8-10-28-11-9-26)23-18-7-2-1-6-16(17)18/h1-7,12-13H,8-11H2. The van der Waals surface area contributed by atoms with E-state index in [1.807, 2.05) is 42.1 Å². The molecule has 1 aliphatic rings. The van der Waals surface area contributed by atoms with Gasteiger partial charge in [-0.05, 0) is 24.3 Å². The van der Waals surface area contributed by atoms with Crippen molar-refractivity contribution in [2.24, 2.45) is 0 Å². The van der Waals surface area contributed by atoms with Gasteiger partial charge < -0.3 is 9.42 Å². The summed E-state index contributed by atoms with van der Waals surface area (Å²) in [4.78, 5) is 11.7. The van der Waals surface area contributed by atoms with Gasteiger partial charge in [-0.15, -0.1) is 0 Å². The summed E-state index contributed by atoms with van der Waals surface area (Å²) in [6.07, 6.45) is 0. The van der Waals surface area contributed by atoms with Gasteiger partial charge in [0.2, 0.25) is 5.82 Å². The number of aromatic nitrogens is 3. The van der Waals surface area contributed by atoms with E-state index in [1.165, 1.54) is 12.1 Å². The van der Waals surface area contributed by atoms with Gasteiger partial charge >= 0.3 is 0 Å². The first-order valence-corrected chi connectivity index (χ1v) is 10.3. The van der Waals surface area contributed by atoms with E-state index in [9.17, 15) is 4.39 Å². The summed E-state index contributed by atoms with van der Waals surface area (Å²) in [6, 6.07) is 16.1. The molecule has 7 heteroatoms. The molecule has 28 heavy (non-hydrogen) atoms. The van der Waals surface area contributed by atoms with Crippen LogP contribution in [0.25, 0.3) is 33.7 Å². The molecule has 0 unspecified atom stereocenters. The summed E-state index contributed by atoms with van der Waals surface area (Å²) in [5.41, 5.74) is 2.31. The van der Waals surface area contributed by atoms with Gasteiger partial charge in [-0.2, -0.15) is 16.7 Å². The Morgan fingerprint density at radius 1 is 0.964 bits per heavy atom. The lowest BCUT2D eigenvalue weighted by atomic mass is 10.1. The van der Waals surface area contributed by atoms with Crippen LogP contribution in [0.3, 0.4) is 0 Å². The third-order valence-corrected chi connectivity index (χ3v) is 5.72. The van der Waals surface area contributed by atoms with Crippen LogP contribution in [-0.2, 0) is 0 Å². The summed E-state index contributed by atoms with van der Waals surface area (Å²) >= 11 is 1.96. The van der Waals surface area contributed by atoms with Crippen LogP contribution in [0.5, 0.6) is 0 Å². The van der Waals surface area contributed by atoms with Gasteiger partial charge in [0, 0.05) is 35.5 Å². The number of hydrogen-bond donors (Lipinski definition) is 0. The van der Waals surface area contributed by atoms with Crippen molar-refractivity contribution in [3.8, 4) is 22.8 Å². The Bertz CT molecular complexity index is 1140. The molecule has 0 N–H and O–H groups in total. The van der Waals surface area contributed by atoms with E-state index < -0.39 is 0 Å². The highest BCUT2D eigenvalue weighted by Gasteiger charge is 2.19. The van der Waals surface area contributed by atoms with E-state index in [1.54, 1.807) is 12.1 Å². The van der Waals surface area contributed by atoms with Crippen LogP contribution >= 0.6 is 11.8 Å². The first-order chi connectivity index (χ1) is 13.8. The molecule has 0 saturated carbocycles. The lowest BCUT2D eigenvalue weighted by Crippen LogP contribution is -2.33. The minimum Gasteiger partial charge on any atom is -0.355 e. The van der Waals surface area contributed by atoms with Crippen LogP contribution in [-0.4, -0.2) is 39.7 Å². The molecule has 4 aromatic rings. The van der Waals surface area contributed by atoms with Gasteiger partial charge in [0.15, 0.2) is 0 Å². The average Bonchev–Trinajstić information content (AvgIpc) is 3.24. The minimum atomic E-state index is -0.330. The second-order valence-corrected chi connectivity index (χ2v) is 7.80. The molecule has 0 radical (unpaired) electrons. The van der Waals surface area contributed by atoms with Crippen LogP contribution in [0.4, 0.5) is 10.2 Å². The monoisotopic (exact) mass is 392 g/mol. The molecule has 5 nitrogen and oxygen atoms in total. The Hall–Kier alpha value is -2.93. The van der Waals surface area contributed by atoms with Gasteiger partial charge in [0.05, 0.1) is 11.1 Å². The van der Waals surface area contributed by atoms with Crippen molar-refractivity contribution in [2.45, 2.75) is 0 Å². The predicted molar refractivity (Wildman–Crippen MR) is 110 cm³/mol. The van der Waals surface area contributed by atoms with E-state index in [0.29, 0.717) is 17.3 Å². The molecular weight excluding hydrogens is 375 g/mol. The lowest BCUT2D eigenvalue weighted by Gasteiger charge is -2.28. The third kappa shape index (κ3) is 3.22. The molecule has 140 valence electrons. The zero-order chi connectivity index (χ0) is 18.9. The van der Waals surface area contributed by atoms with Crippen LogP contribution in [0.15, 0.2) is 59.1 Å². The predicted octanol–water partition coefficient (Wildman–Crippen LogP) is 4.64. The largest absolute Gasteiger partial charge is 0.355 e. The summed E-state index contributed by atoms with van der Waals surface area (Å²) in [6.45, 7) is 1.93. The fraction of sp³-hybridized carbons (Fsp3) is 0.190. The second kappa shape index (κ2) is 7.24. The molecule has 3 heterocycles. The van der Waals surface area contributed by atoms with E-state index >= 15 is 0 Å². The van der Waals surface area contributed by atoms with Crippen LogP contribution < -0.4 is 4.90 Å². The van der Waals surface area contributed by atoms with E-state index in [4.69, 9.17) is 9.51 Å². The number of benzene rings is 2. The number of anilines is 1.